The van der Waals surface area contributed by atoms with Gasteiger partial charge in [-0.3, -0.25) is 0 Å². The Hall–Kier alpha value is -2.09. The number of hydrogen-bond donors (Lipinski definition) is 5. The molecule has 0 spiro atoms. The lowest BCUT2D eigenvalue weighted by atomic mass is 10.1. The molecule has 20 heavy (non-hydrogen) atoms. The monoisotopic (exact) mass is 281 g/mol. The number of carbonyl (C=O) groups is 2. The fourth-order valence-corrected chi connectivity index (χ4v) is 2.17. The van der Waals surface area contributed by atoms with Crippen molar-refractivity contribution >= 4 is 12.0 Å². The second-order valence-corrected chi connectivity index (χ2v) is 4.81. The van der Waals surface area contributed by atoms with E-state index in [1.165, 1.54) is 6.33 Å². The van der Waals surface area contributed by atoms with E-state index in [1.54, 1.807) is 6.20 Å². The molecule has 1 aliphatic rings. The summed E-state index contributed by atoms with van der Waals surface area (Å²) < 4.78 is 0. The first-order valence-electron chi connectivity index (χ1n) is 6.63. The van der Waals surface area contributed by atoms with Crippen LogP contribution in [0.15, 0.2) is 12.5 Å². The quantitative estimate of drug-likeness (QED) is 0.496. The zero-order chi connectivity index (χ0) is 14.4. The summed E-state index contributed by atoms with van der Waals surface area (Å²) in [4.78, 5) is 29.6. The van der Waals surface area contributed by atoms with Gasteiger partial charge in [0, 0.05) is 24.4 Å². The van der Waals surface area contributed by atoms with E-state index in [1.807, 2.05) is 0 Å². The smallest absolute Gasteiger partial charge is 0.326 e. The number of H-pyrrole nitrogens is 1. The predicted octanol–water partition coefficient (Wildman–Crippen LogP) is -0.543. The van der Waals surface area contributed by atoms with E-state index in [0.717, 1.165) is 25.9 Å². The number of carboxylic acids is 1. The van der Waals surface area contributed by atoms with Crippen molar-refractivity contribution in [2.75, 3.05) is 13.1 Å². The normalized spacial score (nSPS) is 17.4. The molecule has 1 aliphatic heterocycles. The Bertz CT molecular complexity index is 442. The first-order chi connectivity index (χ1) is 9.65. The molecule has 2 amide bonds. The van der Waals surface area contributed by atoms with Gasteiger partial charge in [0.25, 0.3) is 0 Å². The number of aliphatic carboxylic acids is 1. The Morgan fingerprint density at radius 2 is 2.20 bits per heavy atom. The number of aromatic nitrogens is 2. The molecule has 1 atom stereocenters. The van der Waals surface area contributed by atoms with Crippen molar-refractivity contribution in [3.05, 3.63) is 18.2 Å². The van der Waals surface area contributed by atoms with Crippen LogP contribution in [-0.4, -0.2) is 52.2 Å². The van der Waals surface area contributed by atoms with Crippen LogP contribution in [0.5, 0.6) is 0 Å². The molecule has 0 unspecified atom stereocenters. The highest BCUT2D eigenvalue weighted by Crippen LogP contribution is 2.02. The molecule has 0 saturated carbocycles. The van der Waals surface area contributed by atoms with Gasteiger partial charge in [0.1, 0.15) is 6.04 Å². The number of carboxylic acid groups (broad SMARTS) is 1. The zero-order valence-electron chi connectivity index (χ0n) is 11.1. The first-order valence-corrected chi connectivity index (χ1v) is 6.63. The summed E-state index contributed by atoms with van der Waals surface area (Å²) in [5.41, 5.74) is 0.666. The Kier molecular flexibility index (Phi) is 4.94. The third-order valence-electron chi connectivity index (χ3n) is 3.26. The molecule has 0 aliphatic carbocycles. The second kappa shape index (κ2) is 6.90. The molecule has 0 aromatic carbocycles. The van der Waals surface area contributed by atoms with Crippen LogP contribution in [0.2, 0.25) is 0 Å². The Labute approximate surface area is 116 Å². The summed E-state index contributed by atoms with van der Waals surface area (Å²) in [7, 11) is 0. The molecular formula is C12H19N5O3. The second-order valence-electron chi connectivity index (χ2n) is 4.81. The fraction of sp³-hybridized carbons (Fsp3) is 0.583. The van der Waals surface area contributed by atoms with Crippen LogP contribution in [0.1, 0.15) is 18.5 Å². The summed E-state index contributed by atoms with van der Waals surface area (Å²) in [6.07, 6.45) is 4.90. The van der Waals surface area contributed by atoms with Gasteiger partial charge in [-0.1, -0.05) is 0 Å². The standard InChI is InChI=1S/C12H19N5O3/c18-11(19)10(5-9-6-14-7-15-9)17-12(20)16-8-1-3-13-4-2-8/h6-8,10,13H,1-5H2,(H,14,15)(H,18,19)(H2,16,17,20)/t10-/m1/s1. The Morgan fingerprint density at radius 1 is 1.45 bits per heavy atom. The summed E-state index contributed by atoms with van der Waals surface area (Å²) in [5, 5.41) is 17.6. The molecule has 2 heterocycles. The summed E-state index contributed by atoms with van der Waals surface area (Å²) in [6, 6.07) is -1.32. The largest absolute Gasteiger partial charge is 0.480 e. The molecule has 1 fully saturated rings. The third-order valence-corrected chi connectivity index (χ3v) is 3.26. The van der Waals surface area contributed by atoms with E-state index in [2.05, 4.69) is 25.9 Å². The van der Waals surface area contributed by atoms with Gasteiger partial charge < -0.3 is 26.0 Å². The Balaban J connectivity index is 1.83. The van der Waals surface area contributed by atoms with Crippen LogP contribution >= 0.6 is 0 Å². The molecule has 1 aromatic heterocycles. The average molecular weight is 281 g/mol. The lowest BCUT2D eigenvalue weighted by molar-refractivity contribution is -0.139. The number of imidazole rings is 1. The maximum absolute atomic E-state index is 11.8. The van der Waals surface area contributed by atoms with Gasteiger partial charge in [0.2, 0.25) is 0 Å². The lowest BCUT2D eigenvalue weighted by Crippen LogP contribution is -2.51. The van der Waals surface area contributed by atoms with Crippen molar-refractivity contribution in [1.29, 1.82) is 0 Å². The number of urea groups is 1. The fourth-order valence-electron chi connectivity index (χ4n) is 2.17. The highest BCUT2D eigenvalue weighted by atomic mass is 16.4. The highest BCUT2D eigenvalue weighted by Gasteiger charge is 2.22. The molecule has 2 rings (SSSR count). The van der Waals surface area contributed by atoms with E-state index in [-0.39, 0.29) is 12.5 Å². The summed E-state index contributed by atoms with van der Waals surface area (Å²) in [5.74, 6) is -1.07. The molecular weight excluding hydrogens is 262 g/mol. The van der Waals surface area contributed by atoms with Gasteiger partial charge in [-0.05, 0) is 25.9 Å². The van der Waals surface area contributed by atoms with Crippen LogP contribution in [0.4, 0.5) is 4.79 Å². The van der Waals surface area contributed by atoms with E-state index in [0.29, 0.717) is 5.69 Å². The van der Waals surface area contributed by atoms with Crippen molar-refractivity contribution < 1.29 is 14.7 Å². The van der Waals surface area contributed by atoms with Gasteiger partial charge in [-0.25, -0.2) is 14.6 Å². The van der Waals surface area contributed by atoms with Crippen LogP contribution < -0.4 is 16.0 Å². The number of carbonyl (C=O) groups excluding carboxylic acids is 1. The van der Waals surface area contributed by atoms with Crippen LogP contribution in [0, 0.1) is 0 Å². The first kappa shape index (κ1) is 14.3. The number of amides is 2. The van der Waals surface area contributed by atoms with Gasteiger partial charge in [0.15, 0.2) is 0 Å². The Morgan fingerprint density at radius 3 is 2.80 bits per heavy atom. The van der Waals surface area contributed by atoms with Crippen molar-refractivity contribution in [1.82, 2.24) is 25.9 Å². The molecule has 8 heteroatoms. The topological polar surface area (TPSA) is 119 Å². The SMILES string of the molecule is O=C(NC1CCNCC1)N[C@H](Cc1cnc[nH]1)C(=O)O. The molecule has 1 saturated heterocycles. The number of piperidine rings is 1. The van der Waals surface area contributed by atoms with Crippen LogP contribution in [0.25, 0.3) is 0 Å². The lowest BCUT2D eigenvalue weighted by Gasteiger charge is -2.24. The maximum atomic E-state index is 11.8. The minimum absolute atomic E-state index is 0.0952. The van der Waals surface area contributed by atoms with Crippen LogP contribution in [-0.2, 0) is 11.2 Å². The van der Waals surface area contributed by atoms with E-state index < -0.39 is 18.0 Å². The van der Waals surface area contributed by atoms with Crippen molar-refractivity contribution in [2.45, 2.75) is 31.3 Å². The molecule has 8 nitrogen and oxygen atoms in total. The summed E-state index contributed by atoms with van der Waals surface area (Å²) >= 11 is 0. The summed E-state index contributed by atoms with van der Waals surface area (Å²) in [6.45, 7) is 1.73. The highest BCUT2D eigenvalue weighted by molar-refractivity contribution is 5.82. The molecule has 110 valence electrons. The zero-order valence-corrected chi connectivity index (χ0v) is 11.1. The van der Waals surface area contributed by atoms with Gasteiger partial charge in [-0.15, -0.1) is 0 Å². The maximum Gasteiger partial charge on any atom is 0.326 e. The third kappa shape index (κ3) is 4.23. The van der Waals surface area contributed by atoms with Crippen molar-refractivity contribution in [2.24, 2.45) is 0 Å². The van der Waals surface area contributed by atoms with Crippen molar-refractivity contribution in [3.63, 3.8) is 0 Å². The number of aromatic amines is 1. The van der Waals surface area contributed by atoms with Gasteiger partial charge in [-0.2, -0.15) is 0 Å². The number of nitrogens with one attached hydrogen (secondary N) is 4. The van der Waals surface area contributed by atoms with E-state index in [4.69, 9.17) is 5.11 Å². The number of hydrogen-bond acceptors (Lipinski definition) is 4. The molecule has 5 N–H and O–H groups in total. The minimum atomic E-state index is -1.07. The molecule has 1 aromatic rings. The van der Waals surface area contributed by atoms with Crippen molar-refractivity contribution in [3.8, 4) is 0 Å². The number of rotatable bonds is 5. The van der Waals surface area contributed by atoms with E-state index in [9.17, 15) is 9.59 Å². The van der Waals surface area contributed by atoms with Gasteiger partial charge in [0.05, 0.1) is 6.33 Å². The predicted molar refractivity (Wildman–Crippen MR) is 71.3 cm³/mol. The minimum Gasteiger partial charge on any atom is -0.480 e. The number of nitrogens with zero attached hydrogens (tertiary/aromatic N) is 1. The van der Waals surface area contributed by atoms with E-state index >= 15 is 0 Å². The van der Waals surface area contributed by atoms with Gasteiger partial charge >= 0.3 is 12.0 Å². The molecule has 0 radical (unpaired) electrons. The average Bonchev–Trinajstić information content (AvgIpc) is 2.92. The van der Waals surface area contributed by atoms with Crippen LogP contribution in [0.3, 0.4) is 0 Å². The molecule has 0 bridgehead atoms.